The van der Waals surface area contributed by atoms with Gasteiger partial charge >= 0.3 is 0 Å². The lowest BCUT2D eigenvalue weighted by molar-refractivity contribution is -0.115. The summed E-state index contributed by atoms with van der Waals surface area (Å²) in [6, 6.07) is 0. The van der Waals surface area contributed by atoms with E-state index >= 15 is 0 Å². The lowest BCUT2D eigenvalue weighted by Crippen LogP contribution is -2.26. The topological polar surface area (TPSA) is 62.3 Å². The fourth-order valence-corrected chi connectivity index (χ4v) is 2.14. The number of hydrogen-bond donors (Lipinski definition) is 1. The van der Waals surface area contributed by atoms with Gasteiger partial charge in [-0.25, -0.2) is 4.98 Å². The average Bonchev–Trinajstić information content (AvgIpc) is 2.56. The van der Waals surface area contributed by atoms with Gasteiger partial charge in [0.15, 0.2) is 5.13 Å². The molecule has 1 aromatic rings. The summed E-state index contributed by atoms with van der Waals surface area (Å²) >= 11 is 17.3. The first-order valence-electron chi connectivity index (χ1n) is 4.70. The van der Waals surface area contributed by atoms with Crippen molar-refractivity contribution < 1.29 is 9.59 Å². The van der Waals surface area contributed by atoms with Crippen LogP contribution in [0.25, 0.3) is 0 Å². The Balaban J connectivity index is 2.92. The zero-order valence-electron chi connectivity index (χ0n) is 9.75. The van der Waals surface area contributed by atoms with E-state index in [4.69, 9.17) is 34.8 Å². The summed E-state index contributed by atoms with van der Waals surface area (Å²) in [4.78, 5) is 29.1. The SMILES string of the molecule is Cc1nc(NC(=O)C(Cl)(Cl)Cl)sc1C(=O)N(C)C. The van der Waals surface area contributed by atoms with Crippen LogP contribution < -0.4 is 5.32 Å². The molecular weight excluding hydrogens is 321 g/mol. The maximum absolute atomic E-state index is 11.8. The van der Waals surface area contributed by atoms with E-state index in [9.17, 15) is 9.59 Å². The number of thiazole rings is 1. The van der Waals surface area contributed by atoms with E-state index < -0.39 is 9.70 Å². The van der Waals surface area contributed by atoms with Crippen molar-refractivity contribution in [2.75, 3.05) is 19.4 Å². The molecule has 9 heteroatoms. The van der Waals surface area contributed by atoms with E-state index in [1.54, 1.807) is 21.0 Å². The molecular formula is C9H10Cl3N3O2S. The van der Waals surface area contributed by atoms with Crippen LogP contribution in [0.2, 0.25) is 0 Å². The van der Waals surface area contributed by atoms with Crippen LogP contribution >= 0.6 is 46.1 Å². The molecule has 0 aromatic carbocycles. The second-order valence-corrected chi connectivity index (χ2v) is 6.87. The number of amides is 2. The van der Waals surface area contributed by atoms with Crippen LogP contribution in [0.4, 0.5) is 5.13 Å². The lowest BCUT2D eigenvalue weighted by atomic mass is 10.3. The van der Waals surface area contributed by atoms with Crippen LogP contribution in [-0.4, -0.2) is 39.6 Å². The maximum Gasteiger partial charge on any atom is 0.278 e. The summed E-state index contributed by atoms with van der Waals surface area (Å²) in [6.45, 7) is 1.66. The minimum atomic E-state index is -2.06. The first-order valence-corrected chi connectivity index (χ1v) is 6.65. The number of aromatic nitrogens is 1. The molecule has 1 N–H and O–H groups in total. The van der Waals surface area contributed by atoms with Crippen molar-refractivity contribution in [1.29, 1.82) is 0 Å². The molecule has 0 fully saturated rings. The Kier molecular flexibility index (Phi) is 4.83. The molecule has 100 valence electrons. The van der Waals surface area contributed by atoms with Crippen molar-refractivity contribution in [2.24, 2.45) is 0 Å². The Labute approximate surface area is 123 Å². The molecule has 0 saturated carbocycles. The van der Waals surface area contributed by atoms with E-state index in [0.29, 0.717) is 10.6 Å². The highest BCUT2D eigenvalue weighted by molar-refractivity contribution is 7.17. The van der Waals surface area contributed by atoms with Crippen LogP contribution in [0.5, 0.6) is 0 Å². The van der Waals surface area contributed by atoms with Gasteiger partial charge in [-0.15, -0.1) is 0 Å². The fraction of sp³-hybridized carbons (Fsp3) is 0.444. The maximum atomic E-state index is 11.8. The number of hydrogen-bond acceptors (Lipinski definition) is 4. The second kappa shape index (κ2) is 5.61. The molecule has 2 amide bonds. The second-order valence-electron chi connectivity index (χ2n) is 3.59. The Morgan fingerprint density at radius 2 is 1.89 bits per heavy atom. The van der Waals surface area contributed by atoms with Crippen molar-refractivity contribution in [3.63, 3.8) is 0 Å². The van der Waals surface area contributed by atoms with Crippen molar-refractivity contribution in [3.8, 4) is 0 Å². The number of anilines is 1. The number of carbonyl (C=O) groups excluding carboxylic acids is 2. The Hall–Kier alpha value is -0.560. The Morgan fingerprint density at radius 3 is 2.33 bits per heavy atom. The minimum absolute atomic E-state index is 0.195. The van der Waals surface area contributed by atoms with Crippen molar-refractivity contribution in [3.05, 3.63) is 10.6 Å². The van der Waals surface area contributed by atoms with Crippen LogP contribution in [0.3, 0.4) is 0 Å². The standard InChI is InChI=1S/C9H10Cl3N3O2S/c1-4-5(6(16)15(2)3)18-8(13-4)14-7(17)9(10,11)12/h1-3H3,(H,13,14,17). The van der Waals surface area contributed by atoms with Gasteiger partial charge < -0.3 is 4.90 Å². The Morgan fingerprint density at radius 1 is 1.33 bits per heavy atom. The summed E-state index contributed by atoms with van der Waals surface area (Å²) in [5.74, 6) is -1.01. The van der Waals surface area contributed by atoms with Crippen LogP contribution in [0, 0.1) is 6.92 Å². The smallest absolute Gasteiger partial charge is 0.278 e. The quantitative estimate of drug-likeness (QED) is 0.847. The number of rotatable bonds is 2. The largest absolute Gasteiger partial charge is 0.344 e. The van der Waals surface area contributed by atoms with Gasteiger partial charge in [-0.2, -0.15) is 0 Å². The van der Waals surface area contributed by atoms with E-state index in [1.807, 2.05) is 0 Å². The molecule has 0 atom stereocenters. The van der Waals surface area contributed by atoms with Crippen LogP contribution in [-0.2, 0) is 4.79 Å². The van der Waals surface area contributed by atoms with Gasteiger partial charge in [0.1, 0.15) is 4.88 Å². The number of alkyl halides is 3. The predicted molar refractivity (Wildman–Crippen MR) is 73.8 cm³/mol. The molecule has 5 nitrogen and oxygen atoms in total. The van der Waals surface area contributed by atoms with E-state index in [-0.39, 0.29) is 11.0 Å². The first-order chi connectivity index (χ1) is 8.12. The number of aryl methyl sites for hydroxylation is 1. The zero-order chi connectivity index (χ0) is 14.1. The number of nitrogens with one attached hydrogen (secondary N) is 1. The Bertz CT molecular complexity index is 482. The molecule has 0 aliphatic heterocycles. The molecule has 0 aliphatic rings. The molecule has 1 rings (SSSR count). The molecule has 0 aliphatic carbocycles. The van der Waals surface area contributed by atoms with E-state index in [0.717, 1.165) is 11.3 Å². The minimum Gasteiger partial charge on any atom is -0.344 e. The molecule has 1 heterocycles. The van der Waals surface area contributed by atoms with Crippen molar-refractivity contribution in [1.82, 2.24) is 9.88 Å². The summed E-state index contributed by atoms with van der Waals surface area (Å²) in [5, 5.41) is 2.56. The van der Waals surface area contributed by atoms with Gasteiger partial charge in [-0.1, -0.05) is 46.1 Å². The molecule has 18 heavy (non-hydrogen) atoms. The van der Waals surface area contributed by atoms with Crippen LogP contribution in [0.15, 0.2) is 0 Å². The van der Waals surface area contributed by atoms with Crippen molar-refractivity contribution in [2.45, 2.75) is 10.7 Å². The van der Waals surface area contributed by atoms with E-state index in [1.165, 1.54) is 4.90 Å². The van der Waals surface area contributed by atoms with E-state index in [2.05, 4.69) is 10.3 Å². The van der Waals surface area contributed by atoms with Gasteiger partial charge in [0.25, 0.3) is 15.6 Å². The predicted octanol–water partition coefficient (Wildman–Crippen LogP) is 2.46. The third-order valence-corrected chi connectivity index (χ3v) is 3.45. The molecule has 0 saturated heterocycles. The molecule has 1 aromatic heterocycles. The van der Waals surface area contributed by atoms with Gasteiger partial charge in [-0.3, -0.25) is 14.9 Å². The monoisotopic (exact) mass is 329 g/mol. The number of carbonyl (C=O) groups is 2. The molecule has 0 radical (unpaired) electrons. The first kappa shape index (κ1) is 15.5. The van der Waals surface area contributed by atoms with Gasteiger partial charge in [0.2, 0.25) is 0 Å². The third-order valence-electron chi connectivity index (χ3n) is 1.87. The average molecular weight is 331 g/mol. The normalized spacial score (nSPS) is 11.2. The highest BCUT2D eigenvalue weighted by Crippen LogP contribution is 2.29. The van der Waals surface area contributed by atoms with Crippen molar-refractivity contribution >= 4 is 63.1 Å². The zero-order valence-corrected chi connectivity index (χ0v) is 12.8. The summed E-state index contributed by atoms with van der Waals surface area (Å²) in [6.07, 6.45) is 0. The van der Waals surface area contributed by atoms with Gasteiger partial charge in [-0.05, 0) is 6.92 Å². The molecule has 0 bridgehead atoms. The van der Waals surface area contributed by atoms with Gasteiger partial charge in [0, 0.05) is 14.1 Å². The van der Waals surface area contributed by atoms with Crippen LogP contribution in [0.1, 0.15) is 15.4 Å². The molecule has 0 unspecified atom stereocenters. The fourth-order valence-electron chi connectivity index (χ4n) is 1.02. The number of nitrogens with zero attached hydrogens (tertiary/aromatic N) is 2. The summed E-state index contributed by atoms with van der Waals surface area (Å²) < 4.78 is -2.06. The lowest BCUT2D eigenvalue weighted by Gasteiger charge is -2.09. The molecule has 0 spiro atoms. The highest BCUT2D eigenvalue weighted by atomic mass is 35.6. The highest BCUT2D eigenvalue weighted by Gasteiger charge is 2.31. The summed E-state index contributed by atoms with van der Waals surface area (Å²) in [5.41, 5.74) is 0.512. The summed E-state index contributed by atoms with van der Waals surface area (Å²) in [7, 11) is 3.25. The number of halogens is 3. The third kappa shape index (κ3) is 3.71. The van der Waals surface area contributed by atoms with Gasteiger partial charge in [0.05, 0.1) is 5.69 Å².